The lowest BCUT2D eigenvalue weighted by Crippen LogP contribution is -1.98. The number of ether oxygens (including phenoxy) is 1. The van der Waals surface area contributed by atoms with Gasteiger partial charge in [0, 0.05) is 24.7 Å². The molecule has 0 unspecified atom stereocenters. The molecule has 1 heterocycles. The average molecular weight is 201 g/mol. The van der Waals surface area contributed by atoms with Crippen molar-refractivity contribution in [2.24, 2.45) is 0 Å². The van der Waals surface area contributed by atoms with Crippen molar-refractivity contribution < 1.29 is 4.74 Å². The minimum Gasteiger partial charge on any atom is -0.501 e. The molecule has 0 aliphatic heterocycles. The van der Waals surface area contributed by atoms with Crippen molar-refractivity contribution in [3.8, 4) is 0 Å². The van der Waals surface area contributed by atoms with Gasteiger partial charge in [0.1, 0.15) is 0 Å². The second-order valence-electron chi connectivity index (χ2n) is 3.64. The highest BCUT2D eigenvalue weighted by molar-refractivity contribution is 5.23. The Labute approximate surface area is 90.3 Å². The Kier molecular flexibility index (Phi) is 3.18. The summed E-state index contributed by atoms with van der Waals surface area (Å²) < 4.78 is 5.19. The summed E-state index contributed by atoms with van der Waals surface area (Å²) in [4.78, 5) is 4.32. The van der Waals surface area contributed by atoms with Crippen LogP contribution in [0.4, 0.5) is 0 Å². The molecular weight excluding hydrogens is 186 g/mol. The van der Waals surface area contributed by atoms with Crippen molar-refractivity contribution in [1.82, 2.24) is 4.98 Å². The predicted molar refractivity (Wildman–Crippen MR) is 60.4 cm³/mol. The number of methoxy groups -OCH3 is 1. The molecule has 1 aliphatic rings. The molecule has 0 fully saturated rings. The van der Waals surface area contributed by atoms with Crippen LogP contribution < -0.4 is 0 Å². The molecule has 0 saturated carbocycles. The van der Waals surface area contributed by atoms with Crippen LogP contribution in [0.2, 0.25) is 0 Å². The highest BCUT2D eigenvalue weighted by atomic mass is 16.5. The quantitative estimate of drug-likeness (QED) is 0.701. The predicted octanol–water partition coefficient (Wildman–Crippen LogP) is 2.87. The van der Waals surface area contributed by atoms with Crippen LogP contribution in [0.5, 0.6) is 0 Å². The van der Waals surface area contributed by atoms with E-state index in [9.17, 15) is 0 Å². The van der Waals surface area contributed by atoms with Gasteiger partial charge < -0.3 is 4.74 Å². The summed E-state index contributed by atoms with van der Waals surface area (Å²) in [6.45, 7) is 0. The van der Waals surface area contributed by atoms with Gasteiger partial charge in [-0.3, -0.25) is 4.98 Å². The van der Waals surface area contributed by atoms with E-state index in [1.54, 1.807) is 7.11 Å². The van der Waals surface area contributed by atoms with Crippen LogP contribution in [-0.4, -0.2) is 12.1 Å². The minimum absolute atomic E-state index is 0.915. The Morgan fingerprint density at radius 1 is 1.27 bits per heavy atom. The summed E-state index contributed by atoms with van der Waals surface area (Å²) in [6.07, 6.45) is 9.09. The van der Waals surface area contributed by atoms with Crippen molar-refractivity contribution in [3.05, 3.63) is 53.6 Å². The number of hydrogen-bond donors (Lipinski definition) is 0. The molecule has 2 nitrogen and oxygen atoms in total. The molecule has 0 atom stereocenters. The minimum atomic E-state index is 0.915. The Morgan fingerprint density at radius 3 is 2.80 bits per heavy atom. The van der Waals surface area contributed by atoms with Crippen molar-refractivity contribution in [3.63, 3.8) is 0 Å². The van der Waals surface area contributed by atoms with E-state index in [1.807, 2.05) is 18.3 Å². The molecule has 0 spiro atoms. The van der Waals surface area contributed by atoms with Gasteiger partial charge in [-0.05, 0) is 24.6 Å². The Hall–Kier alpha value is -1.57. The van der Waals surface area contributed by atoms with Crippen LogP contribution in [0.3, 0.4) is 0 Å². The topological polar surface area (TPSA) is 22.1 Å². The maximum absolute atomic E-state index is 5.19. The fraction of sp³-hybridized carbons (Fsp3) is 0.308. The molecular formula is C13H15NO. The largest absolute Gasteiger partial charge is 0.501 e. The van der Waals surface area contributed by atoms with Gasteiger partial charge in [-0.2, -0.15) is 0 Å². The van der Waals surface area contributed by atoms with Crippen molar-refractivity contribution in [2.75, 3.05) is 7.11 Å². The summed E-state index contributed by atoms with van der Waals surface area (Å²) in [6, 6.07) is 6.04. The zero-order chi connectivity index (χ0) is 10.5. The second kappa shape index (κ2) is 4.78. The Morgan fingerprint density at radius 2 is 2.20 bits per heavy atom. The third kappa shape index (κ3) is 2.69. The first-order valence-corrected chi connectivity index (χ1v) is 5.19. The summed E-state index contributed by atoms with van der Waals surface area (Å²) in [7, 11) is 1.73. The molecule has 15 heavy (non-hydrogen) atoms. The number of allylic oxidation sites excluding steroid dienone is 3. The molecule has 0 amide bonds. The molecule has 1 aromatic heterocycles. The van der Waals surface area contributed by atoms with E-state index in [0.29, 0.717) is 0 Å². The van der Waals surface area contributed by atoms with E-state index < -0.39 is 0 Å². The van der Waals surface area contributed by atoms with Gasteiger partial charge in [-0.25, -0.2) is 0 Å². The SMILES string of the molecule is COC1=CCC(Cc2ccccn2)=CC1. The first-order valence-electron chi connectivity index (χ1n) is 5.19. The number of nitrogens with zero attached hydrogens (tertiary/aromatic N) is 1. The first kappa shape index (κ1) is 9.97. The van der Waals surface area contributed by atoms with Crippen molar-refractivity contribution in [2.45, 2.75) is 19.3 Å². The summed E-state index contributed by atoms with van der Waals surface area (Å²) in [5, 5.41) is 0. The molecule has 0 radical (unpaired) electrons. The van der Waals surface area contributed by atoms with Crippen molar-refractivity contribution >= 4 is 0 Å². The van der Waals surface area contributed by atoms with Gasteiger partial charge in [0.15, 0.2) is 0 Å². The van der Waals surface area contributed by atoms with Crippen LogP contribution in [-0.2, 0) is 11.2 Å². The second-order valence-corrected chi connectivity index (χ2v) is 3.64. The van der Waals surface area contributed by atoms with Gasteiger partial charge in [0.25, 0.3) is 0 Å². The molecule has 0 bridgehead atoms. The first-order chi connectivity index (χ1) is 7.38. The van der Waals surface area contributed by atoms with Crippen molar-refractivity contribution in [1.29, 1.82) is 0 Å². The number of hydrogen-bond acceptors (Lipinski definition) is 2. The lowest BCUT2D eigenvalue weighted by atomic mass is 10.00. The lowest BCUT2D eigenvalue weighted by Gasteiger charge is -2.12. The van der Waals surface area contributed by atoms with Gasteiger partial charge in [-0.15, -0.1) is 0 Å². The van der Waals surface area contributed by atoms with Crippen LogP contribution >= 0.6 is 0 Å². The number of rotatable bonds is 3. The molecule has 78 valence electrons. The number of pyridine rings is 1. The maximum Gasteiger partial charge on any atom is 0.0956 e. The third-order valence-corrected chi connectivity index (χ3v) is 2.58. The molecule has 0 aromatic carbocycles. The van der Waals surface area contributed by atoms with E-state index in [4.69, 9.17) is 4.74 Å². The van der Waals surface area contributed by atoms with E-state index in [-0.39, 0.29) is 0 Å². The highest BCUT2D eigenvalue weighted by Gasteiger charge is 2.06. The monoisotopic (exact) mass is 201 g/mol. The van der Waals surface area contributed by atoms with E-state index in [1.165, 1.54) is 5.57 Å². The zero-order valence-electron chi connectivity index (χ0n) is 8.94. The summed E-state index contributed by atoms with van der Waals surface area (Å²) in [5.41, 5.74) is 2.56. The Bertz CT molecular complexity index is 379. The molecule has 0 N–H and O–H groups in total. The standard InChI is InChI=1S/C13H15NO/c1-15-13-7-5-11(6-8-13)10-12-4-2-3-9-14-12/h2-5,8-9H,6-7,10H2,1H3. The molecule has 0 saturated heterocycles. The smallest absolute Gasteiger partial charge is 0.0956 e. The maximum atomic E-state index is 5.19. The van der Waals surface area contributed by atoms with E-state index in [0.717, 1.165) is 30.7 Å². The normalized spacial score (nSPS) is 15.5. The highest BCUT2D eigenvalue weighted by Crippen LogP contribution is 2.20. The molecule has 1 aliphatic carbocycles. The average Bonchev–Trinajstić information content (AvgIpc) is 2.31. The molecule has 2 rings (SSSR count). The zero-order valence-corrected chi connectivity index (χ0v) is 8.94. The summed E-state index contributed by atoms with van der Waals surface area (Å²) in [5.74, 6) is 1.07. The van der Waals surface area contributed by atoms with E-state index in [2.05, 4.69) is 23.2 Å². The fourth-order valence-electron chi connectivity index (χ4n) is 1.70. The van der Waals surface area contributed by atoms with Gasteiger partial charge >= 0.3 is 0 Å². The molecule has 2 heteroatoms. The molecule has 1 aromatic rings. The van der Waals surface area contributed by atoms with Crippen LogP contribution in [0.1, 0.15) is 18.5 Å². The summed E-state index contributed by atoms with van der Waals surface area (Å²) >= 11 is 0. The lowest BCUT2D eigenvalue weighted by molar-refractivity contribution is 0.281. The van der Waals surface area contributed by atoms with Crippen LogP contribution in [0, 0.1) is 0 Å². The van der Waals surface area contributed by atoms with Gasteiger partial charge in [-0.1, -0.05) is 17.7 Å². The van der Waals surface area contributed by atoms with E-state index >= 15 is 0 Å². The van der Waals surface area contributed by atoms with Crippen LogP contribution in [0.25, 0.3) is 0 Å². The third-order valence-electron chi connectivity index (χ3n) is 2.58. The van der Waals surface area contributed by atoms with Gasteiger partial charge in [0.05, 0.1) is 12.9 Å². The Balaban J connectivity index is 1.96. The van der Waals surface area contributed by atoms with Gasteiger partial charge in [0.2, 0.25) is 0 Å². The van der Waals surface area contributed by atoms with Crippen LogP contribution in [0.15, 0.2) is 47.9 Å². The fourth-order valence-corrected chi connectivity index (χ4v) is 1.70. The number of aromatic nitrogens is 1.